The third kappa shape index (κ3) is 1.64. The van der Waals surface area contributed by atoms with E-state index in [0.29, 0.717) is 6.54 Å². The Kier molecular flexibility index (Phi) is 2.48. The molecule has 5 nitrogen and oxygen atoms in total. The molecule has 2 heterocycles. The summed E-state index contributed by atoms with van der Waals surface area (Å²) < 4.78 is 12.6. The number of hydrogen-bond donors (Lipinski definition) is 1. The monoisotopic (exact) mass is 245 g/mol. The standard InChI is InChI=1S/C13H15N3O2/c1-8-3-12-13(18-7-17-12)5-10(8)11-4-9(6-14)15-16(11)2/h3-5H,6-7,14H2,1-2H3. The fourth-order valence-electron chi connectivity index (χ4n) is 2.20. The highest BCUT2D eigenvalue weighted by molar-refractivity contribution is 5.69. The molecule has 0 amide bonds. The van der Waals surface area contributed by atoms with Crippen LogP contribution in [0.5, 0.6) is 11.5 Å². The van der Waals surface area contributed by atoms with Crippen molar-refractivity contribution < 1.29 is 9.47 Å². The molecule has 1 aliphatic heterocycles. The van der Waals surface area contributed by atoms with Gasteiger partial charge in [-0.3, -0.25) is 4.68 Å². The zero-order chi connectivity index (χ0) is 12.7. The number of benzene rings is 1. The summed E-state index contributed by atoms with van der Waals surface area (Å²) in [6.07, 6.45) is 0. The number of rotatable bonds is 2. The highest BCUT2D eigenvalue weighted by Crippen LogP contribution is 2.38. The second-order valence-corrected chi connectivity index (χ2v) is 4.37. The van der Waals surface area contributed by atoms with Crippen LogP contribution in [0.3, 0.4) is 0 Å². The second kappa shape index (κ2) is 4.03. The van der Waals surface area contributed by atoms with Crippen molar-refractivity contribution in [1.29, 1.82) is 0 Å². The van der Waals surface area contributed by atoms with E-state index in [1.54, 1.807) is 0 Å². The molecule has 1 aromatic heterocycles. The van der Waals surface area contributed by atoms with Gasteiger partial charge in [0.1, 0.15) is 0 Å². The predicted molar refractivity (Wildman–Crippen MR) is 67.4 cm³/mol. The molecule has 0 saturated carbocycles. The van der Waals surface area contributed by atoms with E-state index in [9.17, 15) is 0 Å². The molecule has 0 radical (unpaired) electrons. The van der Waals surface area contributed by atoms with Crippen molar-refractivity contribution in [3.63, 3.8) is 0 Å². The average molecular weight is 245 g/mol. The van der Waals surface area contributed by atoms with Crippen molar-refractivity contribution in [2.75, 3.05) is 6.79 Å². The third-order valence-corrected chi connectivity index (χ3v) is 3.14. The first-order chi connectivity index (χ1) is 8.69. The quantitative estimate of drug-likeness (QED) is 0.872. The van der Waals surface area contributed by atoms with Crippen LogP contribution >= 0.6 is 0 Å². The van der Waals surface area contributed by atoms with Gasteiger partial charge in [-0.25, -0.2) is 0 Å². The van der Waals surface area contributed by atoms with Gasteiger partial charge in [0.2, 0.25) is 6.79 Å². The first kappa shape index (κ1) is 11.1. The maximum Gasteiger partial charge on any atom is 0.231 e. The fraction of sp³-hybridized carbons (Fsp3) is 0.308. The zero-order valence-corrected chi connectivity index (χ0v) is 10.4. The van der Waals surface area contributed by atoms with Crippen molar-refractivity contribution in [2.24, 2.45) is 12.8 Å². The lowest BCUT2D eigenvalue weighted by Crippen LogP contribution is -1.99. The summed E-state index contributed by atoms with van der Waals surface area (Å²) in [4.78, 5) is 0. The molecule has 3 rings (SSSR count). The molecule has 0 saturated heterocycles. The summed E-state index contributed by atoms with van der Waals surface area (Å²) in [7, 11) is 1.92. The molecule has 0 atom stereocenters. The summed E-state index contributed by atoms with van der Waals surface area (Å²) in [5, 5.41) is 4.36. The summed E-state index contributed by atoms with van der Waals surface area (Å²) in [5.74, 6) is 1.59. The fourth-order valence-corrected chi connectivity index (χ4v) is 2.20. The minimum absolute atomic E-state index is 0.289. The Labute approximate surface area is 105 Å². The molecule has 0 bridgehead atoms. The van der Waals surface area contributed by atoms with Crippen molar-refractivity contribution in [2.45, 2.75) is 13.5 Å². The van der Waals surface area contributed by atoms with Crippen LogP contribution < -0.4 is 15.2 Å². The van der Waals surface area contributed by atoms with Gasteiger partial charge in [-0.05, 0) is 30.7 Å². The Morgan fingerprint density at radius 3 is 2.67 bits per heavy atom. The first-order valence-electron chi connectivity index (χ1n) is 5.82. The summed E-state index contributed by atoms with van der Waals surface area (Å²) in [6.45, 7) is 2.78. The van der Waals surface area contributed by atoms with E-state index in [2.05, 4.69) is 5.10 Å². The molecule has 18 heavy (non-hydrogen) atoms. The molecule has 2 aromatic rings. The molecule has 1 aliphatic rings. The minimum Gasteiger partial charge on any atom is -0.454 e. The number of aromatic nitrogens is 2. The van der Waals surface area contributed by atoms with E-state index in [-0.39, 0.29) is 6.79 Å². The molecule has 5 heteroatoms. The number of fused-ring (bicyclic) bond motifs is 1. The first-order valence-corrected chi connectivity index (χ1v) is 5.82. The average Bonchev–Trinajstić information content (AvgIpc) is 2.93. The minimum atomic E-state index is 0.289. The van der Waals surface area contributed by atoms with Gasteiger partial charge in [0, 0.05) is 19.2 Å². The van der Waals surface area contributed by atoms with E-state index < -0.39 is 0 Å². The van der Waals surface area contributed by atoms with Crippen LogP contribution in [0.1, 0.15) is 11.3 Å². The van der Waals surface area contributed by atoms with Gasteiger partial charge in [0.05, 0.1) is 11.4 Å². The van der Waals surface area contributed by atoms with Crippen LogP contribution in [0.2, 0.25) is 0 Å². The predicted octanol–water partition coefficient (Wildman–Crippen LogP) is 1.58. The lowest BCUT2D eigenvalue weighted by Gasteiger charge is -2.07. The summed E-state index contributed by atoms with van der Waals surface area (Å²) >= 11 is 0. The van der Waals surface area contributed by atoms with E-state index in [0.717, 1.165) is 34.0 Å². The van der Waals surface area contributed by atoms with Crippen molar-refractivity contribution in [1.82, 2.24) is 9.78 Å². The maximum absolute atomic E-state index is 5.62. The molecule has 1 aromatic carbocycles. The number of nitrogens with zero attached hydrogens (tertiary/aromatic N) is 2. The van der Waals surface area contributed by atoms with E-state index in [1.165, 1.54) is 0 Å². The van der Waals surface area contributed by atoms with Crippen LogP contribution in [-0.4, -0.2) is 16.6 Å². The summed E-state index contributed by atoms with van der Waals surface area (Å²) in [5.41, 5.74) is 9.75. The van der Waals surface area contributed by atoms with Crippen molar-refractivity contribution in [3.8, 4) is 22.8 Å². The van der Waals surface area contributed by atoms with E-state index >= 15 is 0 Å². The van der Waals surface area contributed by atoms with Crippen LogP contribution in [-0.2, 0) is 13.6 Å². The molecule has 0 spiro atoms. The van der Waals surface area contributed by atoms with Crippen LogP contribution in [0.25, 0.3) is 11.3 Å². The molecule has 94 valence electrons. The molecule has 0 fully saturated rings. The maximum atomic E-state index is 5.62. The van der Waals surface area contributed by atoms with Crippen LogP contribution in [0.4, 0.5) is 0 Å². The highest BCUT2D eigenvalue weighted by Gasteiger charge is 2.18. The Morgan fingerprint density at radius 1 is 1.28 bits per heavy atom. The molecular weight excluding hydrogens is 230 g/mol. The lowest BCUT2D eigenvalue weighted by atomic mass is 10.0. The number of nitrogens with two attached hydrogens (primary N) is 1. The summed E-state index contributed by atoms with van der Waals surface area (Å²) in [6, 6.07) is 5.99. The number of aryl methyl sites for hydroxylation is 2. The smallest absolute Gasteiger partial charge is 0.231 e. The van der Waals surface area contributed by atoms with Gasteiger partial charge >= 0.3 is 0 Å². The van der Waals surface area contributed by atoms with Gasteiger partial charge < -0.3 is 15.2 Å². The van der Waals surface area contributed by atoms with Crippen molar-refractivity contribution >= 4 is 0 Å². The van der Waals surface area contributed by atoms with Gasteiger partial charge in [-0.1, -0.05) is 0 Å². The Morgan fingerprint density at radius 2 is 2.00 bits per heavy atom. The SMILES string of the molecule is Cc1cc2c(cc1-c1cc(CN)nn1C)OCO2. The molecule has 2 N–H and O–H groups in total. The topological polar surface area (TPSA) is 62.3 Å². The van der Waals surface area contributed by atoms with Gasteiger partial charge in [0.25, 0.3) is 0 Å². The zero-order valence-electron chi connectivity index (χ0n) is 10.4. The van der Waals surface area contributed by atoms with E-state index in [4.69, 9.17) is 15.2 Å². The van der Waals surface area contributed by atoms with Gasteiger partial charge in [-0.15, -0.1) is 0 Å². The highest BCUT2D eigenvalue weighted by atomic mass is 16.7. The molecular formula is C13H15N3O2. The van der Waals surface area contributed by atoms with Gasteiger partial charge in [0.15, 0.2) is 11.5 Å². The molecule has 0 aliphatic carbocycles. The largest absolute Gasteiger partial charge is 0.454 e. The Balaban J connectivity index is 2.13. The second-order valence-electron chi connectivity index (χ2n) is 4.37. The third-order valence-electron chi connectivity index (χ3n) is 3.14. The van der Waals surface area contributed by atoms with Crippen LogP contribution in [0.15, 0.2) is 18.2 Å². The number of ether oxygens (including phenoxy) is 2. The lowest BCUT2D eigenvalue weighted by molar-refractivity contribution is 0.174. The van der Waals surface area contributed by atoms with Gasteiger partial charge in [-0.2, -0.15) is 5.10 Å². The number of hydrogen-bond acceptors (Lipinski definition) is 4. The van der Waals surface area contributed by atoms with Crippen molar-refractivity contribution in [3.05, 3.63) is 29.5 Å². The Bertz CT molecular complexity index is 605. The Hall–Kier alpha value is -2.01. The molecule has 0 unspecified atom stereocenters. The normalized spacial score (nSPS) is 13.1. The van der Waals surface area contributed by atoms with E-state index in [1.807, 2.05) is 36.9 Å². The van der Waals surface area contributed by atoms with Crippen LogP contribution in [0, 0.1) is 6.92 Å².